The van der Waals surface area contributed by atoms with Crippen LogP contribution in [-0.2, 0) is 4.74 Å². The molecule has 1 fully saturated rings. The average Bonchev–Trinajstić information content (AvgIpc) is 3.21. The Morgan fingerprint density at radius 3 is 2.75 bits per heavy atom. The van der Waals surface area contributed by atoms with Crippen LogP contribution in [0.4, 0.5) is 5.69 Å². The van der Waals surface area contributed by atoms with E-state index in [0.29, 0.717) is 35.3 Å². The van der Waals surface area contributed by atoms with E-state index < -0.39 is 0 Å². The van der Waals surface area contributed by atoms with E-state index in [1.165, 1.54) is 12.8 Å². The first-order valence-corrected chi connectivity index (χ1v) is 7.26. The van der Waals surface area contributed by atoms with Crippen molar-refractivity contribution in [3.63, 3.8) is 0 Å². The van der Waals surface area contributed by atoms with E-state index in [1.54, 1.807) is 25.3 Å². The summed E-state index contributed by atoms with van der Waals surface area (Å²) in [6.07, 6.45) is 2.38. The van der Waals surface area contributed by atoms with Crippen LogP contribution in [0.2, 0.25) is 5.02 Å². The van der Waals surface area contributed by atoms with Gasteiger partial charge in [-0.2, -0.15) is 0 Å². The van der Waals surface area contributed by atoms with Crippen molar-refractivity contribution in [1.82, 2.24) is 4.90 Å². The number of nitrogens with two attached hydrogens (primary N) is 1. The highest BCUT2D eigenvalue weighted by atomic mass is 35.5. The van der Waals surface area contributed by atoms with Crippen molar-refractivity contribution in [2.75, 3.05) is 26.0 Å². The number of anilines is 1. The Balaban J connectivity index is 2.19. The Labute approximate surface area is 124 Å². The van der Waals surface area contributed by atoms with Crippen molar-refractivity contribution in [2.24, 2.45) is 5.92 Å². The molecule has 4 nitrogen and oxygen atoms in total. The van der Waals surface area contributed by atoms with E-state index in [4.69, 9.17) is 22.1 Å². The quantitative estimate of drug-likeness (QED) is 0.821. The number of ether oxygens (including phenoxy) is 1. The van der Waals surface area contributed by atoms with Gasteiger partial charge in [-0.25, -0.2) is 0 Å². The lowest BCUT2D eigenvalue weighted by Crippen LogP contribution is -2.42. The maximum absolute atomic E-state index is 12.7. The Morgan fingerprint density at radius 2 is 2.20 bits per heavy atom. The molecule has 110 valence electrons. The minimum absolute atomic E-state index is 0.0318. The van der Waals surface area contributed by atoms with Crippen molar-refractivity contribution in [2.45, 2.75) is 25.8 Å². The molecule has 0 radical (unpaired) electrons. The molecular weight excluding hydrogens is 276 g/mol. The van der Waals surface area contributed by atoms with Crippen LogP contribution in [0.15, 0.2) is 18.2 Å². The van der Waals surface area contributed by atoms with Crippen LogP contribution in [0, 0.1) is 5.92 Å². The van der Waals surface area contributed by atoms with Gasteiger partial charge in [-0.05, 0) is 43.9 Å². The number of rotatable bonds is 6. The van der Waals surface area contributed by atoms with Gasteiger partial charge in [0.2, 0.25) is 0 Å². The molecule has 1 aromatic carbocycles. The summed E-state index contributed by atoms with van der Waals surface area (Å²) in [4.78, 5) is 14.6. The normalized spacial score (nSPS) is 15.9. The van der Waals surface area contributed by atoms with Gasteiger partial charge in [0.05, 0.1) is 6.61 Å². The molecule has 0 aromatic heterocycles. The lowest BCUT2D eigenvalue weighted by Gasteiger charge is -2.29. The molecule has 2 N–H and O–H groups in total. The third-order valence-electron chi connectivity index (χ3n) is 3.76. The highest BCUT2D eigenvalue weighted by Gasteiger charge is 2.34. The van der Waals surface area contributed by atoms with Crippen molar-refractivity contribution < 1.29 is 9.53 Å². The molecule has 1 amide bonds. The van der Waals surface area contributed by atoms with E-state index >= 15 is 0 Å². The van der Waals surface area contributed by atoms with Crippen LogP contribution in [0.5, 0.6) is 0 Å². The van der Waals surface area contributed by atoms with Gasteiger partial charge in [-0.3, -0.25) is 4.79 Å². The number of methoxy groups -OCH3 is 1. The molecule has 1 atom stereocenters. The predicted molar refractivity (Wildman–Crippen MR) is 81.0 cm³/mol. The number of nitrogens with zero attached hydrogens (tertiary/aromatic N) is 1. The zero-order chi connectivity index (χ0) is 14.7. The molecule has 1 unspecified atom stereocenters. The summed E-state index contributed by atoms with van der Waals surface area (Å²) in [7, 11) is 1.64. The number of nitrogen functional groups attached to an aromatic ring is 1. The molecule has 0 bridgehead atoms. The number of hydrogen-bond donors (Lipinski definition) is 1. The Bertz CT molecular complexity index is 469. The fraction of sp³-hybridized carbons (Fsp3) is 0.533. The number of benzene rings is 1. The number of halogens is 1. The Hall–Kier alpha value is -1.26. The molecular formula is C15H21ClN2O2. The highest BCUT2D eigenvalue weighted by molar-refractivity contribution is 6.31. The van der Waals surface area contributed by atoms with E-state index in [-0.39, 0.29) is 11.9 Å². The summed E-state index contributed by atoms with van der Waals surface area (Å²) in [5.41, 5.74) is 6.81. The van der Waals surface area contributed by atoms with E-state index in [2.05, 4.69) is 6.92 Å². The first-order valence-electron chi connectivity index (χ1n) is 6.89. The van der Waals surface area contributed by atoms with Crippen molar-refractivity contribution in [3.05, 3.63) is 28.8 Å². The minimum atomic E-state index is -0.0318. The maximum Gasteiger partial charge on any atom is 0.254 e. The van der Waals surface area contributed by atoms with Crippen molar-refractivity contribution in [1.29, 1.82) is 0 Å². The third-order valence-corrected chi connectivity index (χ3v) is 3.98. The van der Waals surface area contributed by atoms with E-state index in [9.17, 15) is 4.79 Å². The highest BCUT2D eigenvalue weighted by Crippen LogP contribution is 2.35. The summed E-state index contributed by atoms with van der Waals surface area (Å²) >= 11 is 5.98. The van der Waals surface area contributed by atoms with Gasteiger partial charge >= 0.3 is 0 Å². The topological polar surface area (TPSA) is 55.6 Å². The van der Waals surface area contributed by atoms with Crippen LogP contribution < -0.4 is 5.73 Å². The van der Waals surface area contributed by atoms with Gasteiger partial charge in [0, 0.05) is 36.0 Å². The summed E-state index contributed by atoms with van der Waals surface area (Å²) in [6, 6.07) is 5.20. The lowest BCUT2D eigenvalue weighted by molar-refractivity contribution is 0.0594. The maximum atomic E-state index is 12.7. The van der Waals surface area contributed by atoms with Crippen molar-refractivity contribution in [3.8, 4) is 0 Å². The van der Waals surface area contributed by atoms with Crippen LogP contribution in [0.1, 0.15) is 30.1 Å². The van der Waals surface area contributed by atoms with Gasteiger partial charge < -0.3 is 15.4 Å². The summed E-state index contributed by atoms with van der Waals surface area (Å²) in [6.45, 7) is 3.21. The fourth-order valence-corrected chi connectivity index (χ4v) is 2.66. The number of carbonyl (C=O) groups is 1. The van der Waals surface area contributed by atoms with Crippen LogP contribution in [0.3, 0.4) is 0 Å². The molecule has 2 rings (SSSR count). The molecule has 0 aliphatic heterocycles. The zero-order valence-electron chi connectivity index (χ0n) is 11.9. The second-order valence-corrected chi connectivity index (χ2v) is 5.78. The molecule has 5 heteroatoms. The number of amides is 1. The smallest absolute Gasteiger partial charge is 0.254 e. The summed E-state index contributed by atoms with van der Waals surface area (Å²) in [5.74, 6) is 0.572. The average molecular weight is 297 g/mol. The van der Waals surface area contributed by atoms with E-state index in [0.717, 1.165) is 0 Å². The molecule has 1 aromatic rings. The fourth-order valence-electron chi connectivity index (χ4n) is 2.41. The SMILES string of the molecule is COCCN(C(=O)c1cc(N)cc(Cl)c1)C(C)C1CC1. The van der Waals surface area contributed by atoms with Gasteiger partial charge in [-0.15, -0.1) is 0 Å². The first-order chi connectivity index (χ1) is 9.52. The predicted octanol–water partition coefficient (Wildman–Crippen LogP) is 2.81. The molecule has 20 heavy (non-hydrogen) atoms. The second kappa shape index (κ2) is 6.46. The Morgan fingerprint density at radius 1 is 1.50 bits per heavy atom. The van der Waals surface area contributed by atoms with Gasteiger partial charge in [0.1, 0.15) is 0 Å². The standard InChI is InChI=1S/C15H21ClN2O2/c1-10(11-3-4-11)18(5-6-20-2)15(19)12-7-13(16)9-14(17)8-12/h7-11H,3-6,17H2,1-2H3. The monoisotopic (exact) mass is 296 g/mol. The van der Waals surface area contributed by atoms with Crippen LogP contribution in [-0.4, -0.2) is 37.1 Å². The minimum Gasteiger partial charge on any atom is -0.399 e. The van der Waals surface area contributed by atoms with Gasteiger partial charge in [0.15, 0.2) is 0 Å². The van der Waals surface area contributed by atoms with Gasteiger partial charge in [-0.1, -0.05) is 11.6 Å². The molecule has 0 saturated heterocycles. The molecule has 1 saturated carbocycles. The van der Waals surface area contributed by atoms with Gasteiger partial charge in [0.25, 0.3) is 5.91 Å². The Kier molecular flexibility index (Phi) is 4.89. The van der Waals surface area contributed by atoms with Crippen LogP contribution >= 0.6 is 11.6 Å². The van der Waals surface area contributed by atoms with Crippen molar-refractivity contribution >= 4 is 23.2 Å². The lowest BCUT2D eigenvalue weighted by atomic mass is 10.1. The van der Waals surface area contributed by atoms with E-state index in [1.807, 2.05) is 4.90 Å². The number of hydrogen-bond acceptors (Lipinski definition) is 3. The zero-order valence-corrected chi connectivity index (χ0v) is 12.7. The summed E-state index contributed by atoms with van der Waals surface area (Å²) < 4.78 is 5.11. The largest absolute Gasteiger partial charge is 0.399 e. The molecule has 1 aliphatic rings. The number of carbonyl (C=O) groups excluding carboxylic acids is 1. The molecule has 0 spiro atoms. The summed E-state index contributed by atoms with van der Waals surface area (Å²) in [5, 5.41) is 0.485. The van der Waals surface area contributed by atoms with Crippen LogP contribution in [0.25, 0.3) is 0 Å². The first kappa shape index (κ1) is 15.1. The molecule has 0 heterocycles. The third kappa shape index (κ3) is 3.64. The second-order valence-electron chi connectivity index (χ2n) is 5.34. The molecule has 1 aliphatic carbocycles.